The maximum Gasteiger partial charge on any atom is 0.357 e. The van der Waals surface area contributed by atoms with Gasteiger partial charge in [-0.2, -0.15) is 23.5 Å². The van der Waals surface area contributed by atoms with Crippen LogP contribution in [0.3, 0.4) is 0 Å². The number of primary amides is 3. The lowest BCUT2D eigenvalue weighted by atomic mass is 9.94. The molecule has 3 heterocycles. The van der Waals surface area contributed by atoms with Gasteiger partial charge in [0, 0.05) is 78.7 Å². The fourth-order valence-corrected chi connectivity index (χ4v) is 19.0. The third-order valence-corrected chi connectivity index (χ3v) is 27.5. The summed E-state index contributed by atoms with van der Waals surface area (Å²) in [5, 5.41) is 56.1. The van der Waals surface area contributed by atoms with Gasteiger partial charge in [-0.05, 0) is 109 Å². The lowest BCUT2D eigenvalue weighted by Gasteiger charge is -2.31. The molecule has 742 valence electrons. The van der Waals surface area contributed by atoms with Gasteiger partial charge in [0.2, 0.25) is 88.6 Å². The summed E-state index contributed by atoms with van der Waals surface area (Å²) in [6, 6.07) is 15.7. The molecule has 0 radical (unpaired) electrons. The molecule has 4 aromatic carbocycles. The number of fused-ring (bicyclic) bond motifs is 2. The Morgan fingerprint density at radius 2 is 1.01 bits per heavy atom. The Kier molecular flexibility index (Phi) is 45.6. The quantitative estimate of drug-likeness (QED) is 0.00874. The van der Waals surface area contributed by atoms with Crippen molar-refractivity contribution in [1.29, 1.82) is 5.41 Å². The molecule has 7 rings (SSSR count). The number of hydrogen-bond donors (Lipinski definition) is 21. The maximum atomic E-state index is 15.3. The average molecular weight is 1950 g/mol. The van der Waals surface area contributed by atoms with Crippen LogP contribution in [0.1, 0.15) is 191 Å². The highest BCUT2D eigenvalue weighted by molar-refractivity contribution is 8.00. The van der Waals surface area contributed by atoms with E-state index in [0.717, 1.165) is 18.6 Å². The Labute approximate surface area is 798 Å². The number of nitrogen functional groups attached to an aromatic ring is 1. The van der Waals surface area contributed by atoms with Crippen LogP contribution in [-0.4, -0.2) is 219 Å². The van der Waals surface area contributed by atoms with Gasteiger partial charge >= 0.3 is 19.6 Å². The first-order valence-corrected chi connectivity index (χ1v) is 49.6. The molecule has 25 N–H and O–H groups in total. The first kappa shape index (κ1) is 111. The third kappa shape index (κ3) is 36.3. The zero-order valence-corrected chi connectivity index (χ0v) is 80.1. The summed E-state index contributed by atoms with van der Waals surface area (Å²) in [5.74, 6) is -18.1. The second-order valence-electron chi connectivity index (χ2n) is 34.2. The number of aromatic nitrogens is 1. The molecule has 44 heteroatoms. The molecule has 0 saturated carbocycles. The van der Waals surface area contributed by atoms with Gasteiger partial charge in [0.05, 0.1) is 38.3 Å². The van der Waals surface area contributed by atoms with Crippen molar-refractivity contribution in [2.45, 2.75) is 254 Å². The van der Waals surface area contributed by atoms with Gasteiger partial charge < -0.3 is 117 Å². The van der Waals surface area contributed by atoms with Crippen LogP contribution in [0.5, 0.6) is 0 Å². The predicted octanol–water partition coefficient (Wildman–Crippen LogP) is 3.09. The number of thioether (sulfide) groups is 2. The Bertz CT molecular complexity index is 4950. The van der Waals surface area contributed by atoms with Crippen LogP contribution in [0.4, 0.5) is 4.79 Å². The number of nitrogens with two attached hydrogens (primary N) is 4. The lowest BCUT2D eigenvalue weighted by Crippen LogP contribution is -2.62. The van der Waals surface area contributed by atoms with Gasteiger partial charge in [0.1, 0.15) is 60.2 Å². The van der Waals surface area contributed by atoms with E-state index in [1.54, 1.807) is 125 Å². The number of aliphatic carboxylic acids is 1. The van der Waals surface area contributed by atoms with E-state index in [1.165, 1.54) is 49.9 Å². The van der Waals surface area contributed by atoms with Crippen molar-refractivity contribution in [3.63, 3.8) is 0 Å². The van der Waals surface area contributed by atoms with Gasteiger partial charge in [0.15, 0.2) is 5.78 Å². The highest BCUT2D eigenvalue weighted by atomic mass is 32.2. The van der Waals surface area contributed by atoms with Crippen molar-refractivity contribution in [2.75, 3.05) is 30.9 Å². The van der Waals surface area contributed by atoms with E-state index in [4.69, 9.17) is 37.4 Å². The smallest absolute Gasteiger partial charge is 0.357 e. The third-order valence-electron chi connectivity index (χ3n) is 23.3. The van der Waals surface area contributed by atoms with E-state index in [1.807, 2.05) is 11.8 Å². The Morgan fingerprint density at radius 3 is 1.56 bits per heavy atom. The number of benzene rings is 4. The number of amidine groups is 1. The molecule has 17 amide bonds. The predicted molar refractivity (Wildman–Crippen MR) is 511 cm³/mol. The van der Waals surface area contributed by atoms with Gasteiger partial charge in [-0.15, -0.1) is 0 Å². The Balaban J connectivity index is 1.03. The molecule has 41 nitrogen and oxygen atoms in total. The Morgan fingerprint density at radius 1 is 0.515 bits per heavy atom. The van der Waals surface area contributed by atoms with Crippen molar-refractivity contribution in [2.24, 2.45) is 40.7 Å². The fraction of sp³-hybridized carbons (Fsp3) is 0.522. The number of amides is 17. The minimum Gasteiger partial charge on any atom is -0.481 e. The molecule has 136 heavy (non-hydrogen) atoms. The number of nitrogens with one attached hydrogen (secondary N) is 16. The largest absolute Gasteiger partial charge is 0.481 e. The van der Waals surface area contributed by atoms with Gasteiger partial charge in [-0.3, -0.25) is 86.7 Å². The zero-order valence-electron chi connectivity index (χ0n) is 77.6. The maximum absolute atomic E-state index is 15.3. The van der Waals surface area contributed by atoms with Crippen LogP contribution in [0.2, 0.25) is 0 Å². The van der Waals surface area contributed by atoms with Crippen molar-refractivity contribution in [1.82, 2.24) is 79.4 Å². The number of H-pyrrole nitrogens is 1. The lowest BCUT2D eigenvalue weighted by molar-refractivity contribution is -0.139. The fourth-order valence-electron chi connectivity index (χ4n) is 15.1. The molecule has 4 unspecified atom stereocenters. The molecule has 2 saturated heterocycles. The van der Waals surface area contributed by atoms with Crippen LogP contribution in [0.25, 0.3) is 10.9 Å². The second kappa shape index (κ2) is 56.1. The van der Waals surface area contributed by atoms with Crippen LogP contribution in [-0.2, 0) is 110 Å². The highest BCUT2D eigenvalue weighted by Crippen LogP contribution is 2.61. The highest BCUT2D eigenvalue weighted by Gasteiger charge is 2.45. The molecule has 0 spiro atoms. The van der Waals surface area contributed by atoms with Crippen molar-refractivity contribution in [3.8, 4) is 0 Å². The molecule has 2 fully saturated rings. The first-order chi connectivity index (χ1) is 64.8. The molecular weight excluding hydrogens is 1820 g/mol. The molecule has 2 aliphatic heterocycles. The average Bonchev–Trinajstić information content (AvgIpc) is 1.80. The van der Waals surface area contributed by atoms with Crippen LogP contribution in [0, 0.1) is 23.2 Å². The summed E-state index contributed by atoms with van der Waals surface area (Å²) < 4.78 is 27.6. The van der Waals surface area contributed by atoms with Crippen molar-refractivity contribution < 1.29 is 100 Å². The molecular formula is C92H131N20O21PS2. The standard InChI is InChI=1S/C92H131N20O21PS2/c1-8-53(5)78(111-90(129)79(54(6)9-2)110-84(123)62(36-39-70(93)113)101-74(117)31-17-12-22-43-98-73(116)30-21-20-29-69-80-68(51-136-69)107-92(130)112-80)89(128)106-67(46-72(95)115)87(126)104-65(42-44-135-7)83(122)105-66(45-59-47-99-61-28-19-18-27-60(59)61)86(125)103-63(37-40-71(94)114)82(121)102-64(38-41-76(119)120)85(124)109-77(52(3)4)88(127)100-48-75(118)108-91(58-34-32-57(33-35-58)81(96)97)134(131,132-49-55-23-13-10-14-24-55)133-50-56-25-15-11-16-26-56/h10-11,13-16,18-19,23-28,32-35,47,52-54,62-69,77-80,91,99H,8-9,12,17,20-22,29-31,36-46,48-51H2,1-7H3,(H2,93,113)(H2,94,114)(H2,95,115)(H3,96,97)(H,98,116)(H,100,127)(H,101,117)(H,102,121)(H,103,125)(H,104,126)(H,105,122)(H,106,128)(H,108,118)(H,109,124)(H,110,123)(H,111,129)(H,119,120)(H2,107,112,130)/t53-,54-,62-,63-,64-,65-,66-,67-,68?,69?,77-,78-,79-,80?,91?/m0/s1. The van der Waals surface area contributed by atoms with E-state index in [0.29, 0.717) is 77.1 Å². The zero-order chi connectivity index (χ0) is 99.7. The molecule has 0 bridgehead atoms. The number of carbonyl (C=O) groups excluding carboxylic acids is 16. The molecule has 0 aliphatic carbocycles. The number of carbonyl (C=O) groups is 17. The Hall–Kier alpha value is -12.5. The van der Waals surface area contributed by atoms with Crippen LogP contribution in [0.15, 0.2) is 115 Å². The summed E-state index contributed by atoms with van der Waals surface area (Å²) in [7, 11) is -4.51. The number of aromatic amines is 1. The molecule has 5 aromatic rings. The van der Waals surface area contributed by atoms with Crippen LogP contribution < -0.4 is 97.4 Å². The van der Waals surface area contributed by atoms with Gasteiger partial charge in [0.25, 0.3) is 0 Å². The number of carboxylic acid groups (broad SMARTS) is 1. The van der Waals surface area contributed by atoms with E-state index < -0.39 is 213 Å². The van der Waals surface area contributed by atoms with E-state index in [-0.39, 0.29) is 99.3 Å². The van der Waals surface area contributed by atoms with Gasteiger partial charge in [-0.25, -0.2) is 4.79 Å². The molecule has 1 aromatic heterocycles. The number of urea groups is 1. The number of unbranched alkanes of at least 4 members (excludes halogenated alkanes) is 3. The summed E-state index contributed by atoms with van der Waals surface area (Å²) in [6.45, 7) is 8.82. The molecule has 2 aliphatic rings. The SMILES string of the molecule is CC[C@H](C)[C@H](NC(=O)[C@H](CCC(N)=O)NC(=O)CCCCCNC(=O)CCCCC1SCC2NC(=O)NC21)C(=O)N[C@H](C(=O)N[C@@H](CC(N)=O)C(=O)N[C@@H](CCSC)C(=O)N[C@@H](Cc1c[nH]c2ccccc12)C(=O)N[C@@H](CCC(N)=O)C(=O)N[C@@H](CCC(=O)O)C(=O)N[C@H](C(=O)NCC(=O)NC(c1ccc(C(=N)N)cc1)P(=O)(OCc1ccccc1)OCc1ccccc1)C(C)C)[C@@H](C)CC. The minimum atomic E-state index is -4.51. The monoisotopic (exact) mass is 1950 g/mol. The summed E-state index contributed by atoms with van der Waals surface area (Å²) in [5.41, 5.74) is 25.3. The number of para-hydroxylation sites is 1. The van der Waals surface area contributed by atoms with Crippen LogP contribution >= 0.6 is 31.1 Å². The molecule has 15 atom stereocenters. The summed E-state index contributed by atoms with van der Waals surface area (Å²) in [6.07, 6.45) is 3.41. The van der Waals surface area contributed by atoms with Crippen molar-refractivity contribution in [3.05, 3.63) is 143 Å². The number of hydrogen-bond acceptors (Lipinski definition) is 23. The number of rotatable bonds is 62. The van der Waals surface area contributed by atoms with E-state index in [2.05, 4.69) is 79.4 Å². The van der Waals surface area contributed by atoms with Gasteiger partial charge in [-0.1, -0.05) is 170 Å². The minimum absolute atomic E-state index is 0.0342. The summed E-state index contributed by atoms with van der Waals surface area (Å²) >= 11 is 3.05. The van der Waals surface area contributed by atoms with E-state index >= 15 is 14.2 Å². The van der Waals surface area contributed by atoms with Crippen molar-refractivity contribution >= 4 is 148 Å². The normalized spacial score (nSPS) is 16.5. The summed E-state index contributed by atoms with van der Waals surface area (Å²) in [4.78, 5) is 237. The van der Waals surface area contributed by atoms with E-state index in [9.17, 15) is 77.0 Å². The topological polar surface area (TPSA) is 658 Å². The first-order valence-electron chi connectivity index (χ1n) is 45.6. The second-order valence-corrected chi connectivity index (χ2v) is 38.5. The number of carboxylic acids is 1.